The summed E-state index contributed by atoms with van der Waals surface area (Å²) < 4.78 is 0. The summed E-state index contributed by atoms with van der Waals surface area (Å²) in [5.74, 6) is 5.57. The highest BCUT2D eigenvalue weighted by Gasteiger charge is 2.27. The molecule has 1 saturated carbocycles. The maximum Gasteiger partial charge on any atom is -0.00179 e. The van der Waals surface area contributed by atoms with Crippen molar-refractivity contribution in [3.05, 3.63) is 0 Å². The van der Waals surface area contributed by atoms with E-state index in [1.54, 1.807) is 0 Å². The van der Waals surface area contributed by atoms with Crippen LogP contribution in [0.15, 0.2) is 0 Å². The Morgan fingerprint density at radius 3 is 2.72 bits per heavy atom. The fraction of sp³-hybridized carbons (Fsp3) is 1.00. The minimum absolute atomic E-state index is 0.958. The van der Waals surface area contributed by atoms with Crippen molar-refractivity contribution in [2.24, 2.45) is 17.8 Å². The highest BCUT2D eigenvalue weighted by atomic mass is 32.2. The topological polar surface area (TPSA) is 12.0 Å². The molecule has 0 radical (unpaired) electrons. The minimum Gasteiger partial charge on any atom is -0.316 e. The van der Waals surface area contributed by atoms with Crippen LogP contribution in [0, 0.1) is 17.8 Å². The lowest BCUT2D eigenvalue weighted by Gasteiger charge is -2.35. The van der Waals surface area contributed by atoms with Gasteiger partial charge in [-0.3, -0.25) is 0 Å². The SMILES string of the molecule is CCCNCC1CCC(C)CC1CCCSCC. The zero-order valence-electron chi connectivity index (χ0n) is 12.7. The first kappa shape index (κ1) is 16.4. The van der Waals surface area contributed by atoms with E-state index in [0.717, 1.165) is 17.8 Å². The van der Waals surface area contributed by atoms with Gasteiger partial charge in [0, 0.05) is 0 Å². The van der Waals surface area contributed by atoms with Crippen molar-refractivity contribution >= 4 is 11.8 Å². The summed E-state index contributed by atoms with van der Waals surface area (Å²) in [6.45, 7) is 9.44. The Morgan fingerprint density at radius 2 is 2.00 bits per heavy atom. The summed E-state index contributed by atoms with van der Waals surface area (Å²) in [7, 11) is 0. The molecule has 3 unspecified atom stereocenters. The molecule has 0 aliphatic heterocycles. The van der Waals surface area contributed by atoms with Gasteiger partial charge in [0.2, 0.25) is 0 Å². The van der Waals surface area contributed by atoms with Gasteiger partial charge in [-0.2, -0.15) is 11.8 Å². The molecule has 1 nitrogen and oxygen atoms in total. The lowest BCUT2D eigenvalue weighted by molar-refractivity contribution is 0.174. The Bertz CT molecular complexity index is 196. The van der Waals surface area contributed by atoms with E-state index in [4.69, 9.17) is 0 Å². The van der Waals surface area contributed by atoms with Gasteiger partial charge in [-0.25, -0.2) is 0 Å². The lowest BCUT2D eigenvalue weighted by Crippen LogP contribution is -2.33. The quantitative estimate of drug-likeness (QED) is 0.616. The molecule has 2 heteroatoms. The first-order valence-corrected chi connectivity index (χ1v) is 9.21. The minimum atomic E-state index is 0.958. The van der Waals surface area contributed by atoms with Crippen molar-refractivity contribution < 1.29 is 0 Å². The molecule has 1 rings (SSSR count). The molecule has 3 atom stereocenters. The normalized spacial score (nSPS) is 28.5. The van der Waals surface area contributed by atoms with Crippen LogP contribution < -0.4 is 5.32 Å². The Hall–Kier alpha value is 0.310. The first-order chi connectivity index (χ1) is 8.77. The van der Waals surface area contributed by atoms with Gasteiger partial charge < -0.3 is 5.32 Å². The maximum atomic E-state index is 3.65. The summed E-state index contributed by atoms with van der Waals surface area (Å²) in [4.78, 5) is 0. The van der Waals surface area contributed by atoms with E-state index >= 15 is 0 Å². The van der Waals surface area contributed by atoms with E-state index in [2.05, 4.69) is 37.8 Å². The van der Waals surface area contributed by atoms with E-state index in [0.29, 0.717) is 0 Å². The average molecular weight is 272 g/mol. The van der Waals surface area contributed by atoms with E-state index in [1.807, 2.05) is 0 Å². The second-order valence-corrected chi connectivity index (χ2v) is 7.38. The van der Waals surface area contributed by atoms with Crippen molar-refractivity contribution in [3.63, 3.8) is 0 Å². The zero-order valence-corrected chi connectivity index (χ0v) is 13.5. The van der Waals surface area contributed by atoms with Crippen LogP contribution in [0.3, 0.4) is 0 Å². The van der Waals surface area contributed by atoms with E-state index in [1.165, 1.54) is 63.1 Å². The monoisotopic (exact) mass is 271 g/mol. The smallest absolute Gasteiger partial charge is 0.00179 e. The first-order valence-electron chi connectivity index (χ1n) is 8.06. The number of rotatable bonds is 9. The zero-order chi connectivity index (χ0) is 13.2. The molecule has 1 aliphatic rings. The predicted octanol–water partition coefficient (Wildman–Crippen LogP) is 4.57. The lowest BCUT2D eigenvalue weighted by atomic mass is 9.73. The Kier molecular flexibility index (Phi) is 9.22. The van der Waals surface area contributed by atoms with Crippen LogP contribution in [0.1, 0.15) is 59.3 Å². The third kappa shape index (κ3) is 6.47. The molecule has 108 valence electrons. The number of nitrogens with one attached hydrogen (secondary N) is 1. The van der Waals surface area contributed by atoms with E-state index in [9.17, 15) is 0 Å². The van der Waals surface area contributed by atoms with Crippen LogP contribution in [0.4, 0.5) is 0 Å². The molecule has 0 aromatic rings. The highest BCUT2D eigenvalue weighted by Crippen LogP contribution is 2.36. The molecule has 1 fully saturated rings. The van der Waals surface area contributed by atoms with Crippen molar-refractivity contribution in [2.75, 3.05) is 24.6 Å². The molecular formula is C16H33NS. The Morgan fingerprint density at radius 1 is 1.17 bits per heavy atom. The van der Waals surface area contributed by atoms with Crippen LogP contribution in [0.2, 0.25) is 0 Å². The van der Waals surface area contributed by atoms with Crippen LogP contribution >= 0.6 is 11.8 Å². The van der Waals surface area contributed by atoms with Gasteiger partial charge in [0.1, 0.15) is 0 Å². The summed E-state index contributed by atoms with van der Waals surface area (Å²) in [6.07, 6.45) is 8.56. The number of hydrogen-bond donors (Lipinski definition) is 1. The fourth-order valence-electron chi connectivity index (χ4n) is 3.24. The van der Waals surface area contributed by atoms with Crippen LogP contribution in [0.25, 0.3) is 0 Å². The van der Waals surface area contributed by atoms with Gasteiger partial charge in [0.15, 0.2) is 0 Å². The third-order valence-corrected chi connectivity index (χ3v) is 5.29. The third-order valence-electron chi connectivity index (χ3n) is 4.30. The molecule has 0 bridgehead atoms. The highest BCUT2D eigenvalue weighted by molar-refractivity contribution is 7.99. The van der Waals surface area contributed by atoms with Crippen LogP contribution in [-0.2, 0) is 0 Å². The molecule has 0 spiro atoms. The van der Waals surface area contributed by atoms with Crippen molar-refractivity contribution in [2.45, 2.75) is 59.3 Å². The Labute approximate surface area is 119 Å². The fourth-order valence-corrected chi connectivity index (χ4v) is 3.90. The molecule has 0 aromatic heterocycles. The molecular weight excluding hydrogens is 238 g/mol. The molecule has 0 amide bonds. The summed E-state index contributed by atoms with van der Waals surface area (Å²) in [6, 6.07) is 0. The van der Waals surface area contributed by atoms with Crippen LogP contribution in [0.5, 0.6) is 0 Å². The molecule has 0 heterocycles. The summed E-state index contributed by atoms with van der Waals surface area (Å²) in [5.41, 5.74) is 0. The number of thioether (sulfide) groups is 1. The largest absolute Gasteiger partial charge is 0.316 e. The second kappa shape index (κ2) is 10.1. The predicted molar refractivity (Wildman–Crippen MR) is 85.4 cm³/mol. The molecule has 18 heavy (non-hydrogen) atoms. The van der Waals surface area contributed by atoms with Crippen molar-refractivity contribution in [1.82, 2.24) is 5.32 Å². The maximum absolute atomic E-state index is 3.65. The van der Waals surface area contributed by atoms with E-state index < -0.39 is 0 Å². The molecule has 1 aliphatic carbocycles. The second-order valence-electron chi connectivity index (χ2n) is 5.98. The number of hydrogen-bond acceptors (Lipinski definition) is 2. The average Bonchev–Trinajstić information content (AvgIpc) is 2.37. The van der Waals surface area contributed by atoms with Crippen LogP contribution in [-0.4, -0.2) is 24.6 Å². The summed E-state index contributed by atoms with van der Waals surface area (Å²) in [5, 5.41) is 3.65. The summed E-state index contributed by atoms with van der Waals surface area (Å²) >= 11 is 2.10. The van der Waals surface area contributed by atoms with Gasteiger partial charge >= 0.3 is 0 Å². The van der Waals surface area contributed by atoms with Gasteiger partial charge in [0.05, 0.1) is 0 Å². The van der Waals surface area contributed by atoms with Gasteiger partial charge in [-0.05, 0) is 74.5 Å². The van der Waals surface area contributed by atoms with E-state index in [-0.39, 0.29) is 0 Å². The molecule has 0 aromatic carbocycles. The van der Waals surface area contributed by atoms with Crippen molar-refractivity contribution in [1.29, 1.82) is 0 Å². The molecule has 0 saturated heterocycles. The standard InChI is InChI=1S/C16H33NS/c1-4-10-17-13-16-9-8-14(3)12-15(16)7-6-11-18-5-2/h14-17H,4-13H2,1-3H3. The van der Waals surface area contributed by atoms with Gasteiger partial charge in [-0.1, -0.05) is 27.2 Å². The Balaban J connectivity index is 2.26. The molecule has 1 N–H and O–H groups in total. The van der Waals surface area contributed by atoms with Gasteiger partial charge in [0.25, 0.3) is 0 Å². The van der Waals surface area contributed by atoms with Gasteiger partial charge in [-0.15, -0.1) is 0 Å². The van der Waals surface area contributed by atoms with Crippen molar-refractivity contribution in [3.8, 4) is 0 Å².